The highest BCUT2D eigenvalue weighted by Crippen LogP contribution is 2.42. The Labute approximate surface area is 334 Å². The van der Waals surface area contributed by atoms with Gasteiger partial charge in [0, 0.05) is 42.5 Å². The number of imide groups is 2. The summed E-state index contributed by atoms with van der Waals surface area (Å²) in [6.07, 6.45) is 2.78. The summed E-state index contributed by atoms with van der Waals surface area (Å²) in [6.45, 7) is 10.5. The average Bonchev–Trinajstić information content (AvgIpc) is 3.32. The van der Waals surface area contributed by atoms with Crippen LogP contribution >= 0.6 is 11.9 Å². The molecule has 3 aliphatic heterocycles. The molecule has 6 amide bonds. The van der Waals surface area contributed by atoms with Gasteiger partial charge in [0.05, 0.1) is 47.2 Å². The maximum Gasteiger partial charge on any atom is 0.417 e. The predicted octanol–water partition coefficient (Wildman–Crippen LogP) is 5.91. The molecule has 13 nitrogen and oxygen atoms in total. The molecule has 1 unspecified atom stereocenters. The van der Waals surface area contributed by atoms with Crippen LogP contribution in [-0.2, 0) is 25.4 Å². The fourth-order valence-corrected chi connectivity index (χ4v) is 9.75. The number of nitriles is 1. The molecule has 1 aromatic heterocycles. The van der Waals surface area contributed by atoms with Crippen molar-refractivity contribution >= 4 is 47.3 Å². The average molecular weight is 811 g/mol. The Bertz CT molecular complexity index is 1900. The van der Waals surface area contributed by atoms with E-state index in [1.54, 1.807) is 36.9 Å². The van der Waals surface area contributed by atoms with Gasteiger partial charge in [0.15, 0.2) is 0 Å². The summed E-state index contributed by atoms with van der Waals surface area (Å²) >= 11 is 0.656. The minimum Gasteiger partial charge on any atom is -0.324 e. The van der Waals surface area contributed by atoms with Gasteiger partial charge in [-0.1, -0.05) is 0 Å². The summed E-state index contributed by atoms with van der Waals surface area (Å²) in [6, 6.07) is 7.78. The number of nitrogens with zero attached hydrogens (tertiary/aromatic N) is 6. The fraction of sp³-hybridized carbons (Fsp3) is 0.575. The second kappa shape index (κ2) is 17.1. The number of anilines is 1. The van der Waals surface area contributed by atoms with E-state index in [9.17, 15) is 37.1 Å². The van der Waals surface area contributed by atoms with E-state index in [1.165, 1.54) is 12.3 Å². The van der Waals surface area contributed by atoms with Crippen molar-refractivity contribution in [3.05, 3.63) is 53.3 Å². The molecule has 1 aromatic carbocycles. The van der Waals surface area contributed by atoms with Crippen LogP contribution < -0.4 is 10.6 Å². The van der Waals surface area contributed by atoms with E-state index in [0.717, 1.165) is 74.6 Å². The summed E-state index contributed by atoms with van der Waals surface area (Å²) in [5.74, 6) is -1.27. The van der Waals surface area contributed by atoms with Crippen molar-refractivity contribution < 1.29 is 37.1 Å². The molecule has 3 saturated heterocycles. The van der Waals surface area contributed by atoms with Gasteiger partial charge in [-0.2, -0.15) is 22.7 Å². The Morgan fingerprint density at radius 3 is 2.35 bits per heavy atom. The van der Waals surface area contributed by atoms with Gasteiger partial charge >= 0.3 is 12.2 Å². The second-order valence-corrected chi connectivity index (χ2v) is 17.2. The number of pyridine rings is 1. The van der Waals surface area contributed by atoms with Crippen molar-refractivity contribution in [3.63, 3.8) is 0 Å². The number of hydrogen-bond donors (Lipinski definition) is 2. The van der Waals surface area contributed by atoms with Crippen LogP contribution in [-0.4, -0.2) is 103 Å². The lowest BCUT2D eigenvalue weighted by Crippen LogP contribution is -2.58. The lowest BCUT2D eigenvalue weighted by molar-refractivity contribution is -0.138. The van der Waals surface area contributed by atoms with E-state index in [-0.39, 0.29) is 53.7 Å². The smallest absolute Gasteiger partial charge is 0.324 e. The number of urea groups is 1. The normalized spacial score (nSPS) is 26.0. The Kier molecular flexibility index (Phi) is 12.7. The maximum absolute atomic E-state index is 13.6. The van der Waals surface area contributed by atoms with Gasteiger partial charge in [-0.15, -0.1) is 0 Å². The molecule has 306 valence electrons. The molecule has 57 heavy (non-hydrogen) atoms. The SMILES string of the molecule is C[C@@H]1CN(CCCC2CCC(N3C(=O)N(Sc4ccc(C#N)c(C(F)(F)F)c4)C(=O)C3(C)C)CC2)C[C@H](C)N1CC(=O)Nc1ccc(C2CCC(=O)NC2=O)nc1. The number of benzene rings is 1. The number of piperidine rings is 1. The van der Waals surface area contributed by atoms with Crippen LogP contribution in [0.2, 0.25) is 0 Å². The highest BCUT2D eigenvalue weighted by molar-refractivity contribution is 7.98. The molecule has 2 N–H and O–H groups in total. The second-order valence-electron chi connectivity index (χ2n) is 16.2. The third-order valence-electron chi connectivity index (χ3n) is 11.7. The lowest BCUT2D eigenvalue weighted by Gasteiger charge is -2.44. The molecule has 0 radical (unpaired) electrons. The Hall–Kier alpha value is -4.53. The molecule has 4 aliphatic rings. The van der Waals surface area contributed by atoms with Crippen LogP contribution in [0.5, 0.6) is 0 Å². The van der Waals surface area contributed by atoms with Crippen LogP contribution in [0.15, 0.2) is 41.4 Å². The van der Waals surface area contributed by atoms with Crippen molar-refractivity contribution in [2.24, 2.45) is 5.92 Å². The molecule has 1 saturated carbocycles. The number of carbonyl (C=O) groups is 5. The maximum atomic E-state index is 13.6. The Morgan fingerprint density at radius 2 is 1.74 bits per heavy atom. The summed E-state index contributed by atoms with van der Waals surface area (Å²) in [5.41, 5.74) is -1.68. The number of nitrogens with one attached hydrogen (secondary N) is 2. The molecular weight excluding hydrogens is 762 g/mol. The first-order valence-corrected chi connectivity index (χ1v) is 20.3. The Balaban J connectivity index is 0.929. The highest BCUT2D eigenvalue weighted by atomic mass is 32.2. The lowest BCUT2D eigenvalue weighted by atomic mass is 9.81. The predicted molar refractivity (Wildman–Crippen MR) is 205 cm³/mol. The zero-order valence-corrected chi connectivity index (χ0v) is 33.4. The number of aromatic nitrogens is 1. The molecular formula is C40H49F3N8O5S. The van der Waals surface area contributed by atoms with E-state index in [4.69, 9.17) is 5.26 Å². The molecule has 17 heteroatoms. The van der Waals surface area contributed by atoms with Gasteiger partial charge in [0.2, 0.25) is 17.7 Å². The van der Waals surface area contributed by atoms with Crippen molar-refractivity contribution in [2.75, 3.05) is 31.5 Å². The van der Waals surface area contributed by atoms with E-state index in [1.807, 2.05) is 0 Å². The molecule has 1 aliphatic carbocycles. The van der Waals surface area contributed by atoms with Gasteiger partial charge in [-0.05, 0) is 127 Å². The van der Waals surface area contributed by atoms with Crippen molar-refractivity contribution in [3.8, 4) is 6.07 Å². The minimum absolute atomic E-state index is 0.0468. The van der Waals surface area contributed by atoms with Crippen molar-refractivity contribution in [1.82, 2.24) is 29.3 Å². The van der Waals surface area contributed by atoms with Gasteiger partial charge in [0.1, 0.15) is 5.54 Å². The van der Waals surface area contributed by atoms with Gasteiger partial charge < -0.3 is 15.1 Å². The number of amides is 6. The van der Waals surface area contributed by atoms with E-state index < -0.39 is 40.7 Å². The van der Waals surface area contributed by atoms with Gasteiger partial charge in [0.25, 0.3) is 5.91 Å². The van der Waals surface area contributed by atoms with Crippen LogP contribution in [0.3, 0.4) is 0 Å². The summed E-state index contributed by atoms with van der Waals surface area (Å²) in [7, 11) is 0. The third-order valence-corrected chi connectivity index (χ3v) is 12.7. The summed E-state index contributed by atoms with van der Waals surface area (Å²) in [4.78, 5) is 74.4. The van der Waals surface area contributed by atoms with Crippen LogP contribution in [0, 0.1) is 17.2 Å². The largest absolute Gasteiger partial charge is 0.417 e. The van der Waals surface area contributed by atoms with Crippen molar-refractivity contribution in [2.45, 2.75) is 120 Å². The number of alkyl halides is 3. The first-order chi connectivity index (χ1) is 27.0. The van der Waals surface area contributed by atoms with Crippen LogP contribution in [0.1, 0.15) is 102 Å². The Morgan fingerprint density at radius 1 is 1.04 bits per heavy atom. The topological polar surface area (TPSA) is 159 Å². The zero-order valence-electron chi connectivity index (χ0n) is 32.6. The highest BCUT2D eigenvalue weighted by Gasteiger charge is 2.54. The fourth-order valence-electron chi connectivity index (χ4n) is 8.77. The number of piperazine rings is 1. The first-order valence-electron chi connectivity index (χ1n) is 19.5. The minimum atomic E-state index is -4.75. The first kappa shape index (κ1) is 42.1. The van der Waals surface area contributed by atoms with E-state index in [2.05, 4.69) is 39.3 Å². The van der Waals surface area contributed by atoms with Gasteiger partial charge in [-0.3, -0.25) is 34.4 Å². The molecule has 0 bridgehead atoms. The molecule has 2 aromatic rings. The quantitative estimate of drug-likeness (QED) is 0.159. The van der Waals surface area contributed by atoms with E-state index >= 15 is 0 Å². The van der Waals surface area contributed by atoms with Crippen LogP contribution in [0.4, 0.5) is 23.7 Å². The number of rotatable bonds is 11. The number of carbonyl (C=O) groups excluding carboxylic acids is 5. The monoisotopic (exact) mass is 810 g/mol. The summed E-state index contributed by atoms with van der Waals surface area (Å²) in [5, 5.41) is 14.4. The molecule has 4 fully saturated rings. The van der Waals surface area contributed by atoms with Crippen LogP contribution in [0.25, 0.3) is 0 Å². The summed E-state index contributed by atoms with van der Waals surface area (Å²) < 4.78 is 41.6. The number of hydrogen-bond acceptors (Lipinski definition) is 10. The molecule has 6 rings (SSSR count). The standard InChI is InChI=1S/C40H49F3N8O5S/c1-24-21-48(22-25(2)49(24)23-35(53)46-28-10-15-33(45-20-28)31-14-16-34(52)47-36(31)54)17-5-6-26-7-11-29(12-8-26)50-38(56)51(37(55)39(50,3)4)57-30-13-9-27(19-44)32(18-30)40(41,42)43/h9-10,13,15,18,20,24-26,29,31H,5-8,11-12,14,16-17,21-23H2,1-4H3,(H,46,53)(H,47,52,54)/t24-,25+,26?,29?,31?. The number of halogens is 3. The molecule has 0 spiro atoms. The third kappa shape index (κ3) is 9.45. The zero-order chi connectivity index (χ0) is 41.2. The van der Waals surface area contributed by atoms with Crippen molar-refractivity contribution in [1.29, 1.82) is 5.26 Å². The van der Waals surface area contributed by atoms with Gasteiger partial charge in [-0.25, -0.2) is 4.79 Å². The van der Waals surface area contributed by atoms with E-state index in [0.29, 0.717) is 35.7 Å². The molecule has 4 heterocycles. The molecule has 3 atom stereocenters.